The molecule has 0 saturated heterocycles. The van der Waals surface area contributed by atoms with E-state index in [9.17, 15) is 0 Å². The Labute approximate surface area is 153 Å². The molecule has 124 valence electrons. The first kappa shape index (κ1) is 15.0. The smallest absolute Gasteiger partial charge is 0.130 e. The fraction of sp³-hybridized carbons (Fsp3) is 0.0400. The second kappa shape index (κ2) is 6.20. The Morgan fingerprint density at radius 3 is 2.15 bits per heavy atom. The Hall–Kier alpha value is -3.32. The van der Waals surface area contributed by atoms with Gasteiger partial charge in [0.25, 0.3) is 0 Å². The van der Waals surface area contributed by atoms with E-state index in [0.717, 1.165) is 12.2 Å². The van der Waals surface area contributed by atoms with Crippen LogP contribution in [0.3, 0.4) is 0 Å². The van der Waals surface area contributed by atoms with Crippen LogP contribution in [-0.2, 0) is 6.42 Å². The van der Waals surface area contributed by atoms with Crippen molar-refractivity contribution in [3.05, 3.63) is 108 Å². The third-order valence-corrected chi connectivity index (χ3v) is 5.05. The largest absolute Gasteiger partial charge is 0.465 e. The van der Waals surface area contributed by atoms with E-state index in [1.54, 1.807) is 6.26 Å². The fourth-order valence-electron chi connectivity index (χ4n) is 3.73. The summed E-state index contributed by atoms with van der Waals surface area (Å²) < 4.78 is 5.59. The summed E-state index contributed by atoms with van der Waals surface area (Å²) in [7, 11) is 0. The van der Waals surface area contributed by atoms with Crippen LogP contribution in [0.25, 0.3) is 33.9 Å². The van der Waals surface area contributed by atoms with Crippen LogP contribution in [-0.4, -0.2) is 0 Å². The van der Waals surface area contributed by atoms with Gasteiger partial charge in [-0.1, -0.05) is 72.8 Å². The van der Waals surface area contributed by atoms with Crippen molar-refractivity contribution in [2.75, 3.05) is 0 Å². The first-order chi connectivity index (χ1) is 12.9. The van der Waals surface area contributed by atoms with Gasteiger partial charge in [-0.05, 0) is 57.2 Å². The third kappa shape index (κ3) is 2.58. The van der Waals surface area contributed by atoms with Crippen molar-refractivity contribution >= 4 is 11.6 Å². The molecule has 1 nitrogen and oxygen atoms in total. The number of hydrogen-bond acceptors (Lipinski definition) is 1. The predicted molar refractivity (Wildman–Crippen MR) is 108 cm³/mol. The van der Waals surface area contributed by atoms with Crippen LogP contribution < -0.4 is 0 Å². The maximum atomic E-state index is 5.59. The van der Waals surface area contributed by atoms with E-state index >= 15 is 0 Å². The highest BCUT2D eigenvalue weighted by Crippen LogP contribution is 2.38. The van der Waals surface area contributed by atoms with Gasteiger partial charge in [-0.2, -0.15) is 0 Å². The van der Waals surface area contributed by atoms with Gasteiger partial charge in [-0.25, -0.2) is 0 Å². The molecule has 4 aromatic rings. The summed E-state index contributed by atoms with van der Waals surface area (Å²) in [5, 5.41) is 0. The number of allylic oxidation sites excluding steroid dienone is 1. The van der Waals surface area contributed by atoms with Crippen LogP contribution >= 0.6 is 0 Å². The summed E-state index contributed by atoms with van der Waals surface area (Å²) in [6.07, 6.45) is 4.90. The Balaban J connectivity index is 1.50. The molecular weight excluding hydrogens is 316 g/mol. The normalized spacial score (nSPS) is 12.7. The zero-order valence-electron chi connectivity index (χ0n) is 14.4. The van der Waals surface area contributed by atoms with Gasteiger partial charge in [0.05, 0.1) is 6.26 Å². The molecule has 0 aliphatic heterocycles. The Morgan fingerprint density at radius 2 is 1.38 bits per heavy atom. The third-order valence-electron chi connectivity index (χ3n) is 5.05. The first-order valence-corrected chi connectivity index (χ1v) is 8.91. The lowest BCUT2D eigenvalue weighted by molar-refractivity contribution is 0.552. The second-order valence-corrected chi connectivity index (χ2v) is 6.64. The summed E-state index contributed by atoms with van der Waals surface area (Å²) >= 11 is 0. The van der Waals surface area contributed by atoms with Crippen LogP contribution in [0.2, 0.25) is 0 Å². The number of rotatable bonds is 3. The minimum atomic E-state index is 0.916. The van der Waals surface area contributed by atoms with Crippen molar-refractivity contribution in [2.45, 2.75) is 6.42 Å². The summed E-state index contributed by atoms with van der Waals surface area (Å²) in [5.41, 5.74) is 8.98. The summed E-state index contributed by atoms with van der Waals surface area (Å²) in [6, 6.07) is 29.9. The summed E-state index contributed by atoms with van der Waals surface area (Å²) in [4.78, 5) is 0. The molecule has 1 aliphatic carbocycles. The topological polar surface area (TPSA) is 13.1 Å². The molecule has 0 atom stereocenters. The van der Waals surface area contributed by atoms with Crippen molar-refractivity contribution in [1.82, 2.24) is 0 Å². The van der Waals surface area contributed by atoms with Gasteiger partial charge < -0.3 is 4.42 Å². The molecule has 1 aromatic heterocycles. The van der Waals surface area contributed by atoms with Gasteiger partial charge in [0, 0.05) is 6.42 Å². The molecule has 0 N–H and O–H groups in total. The molecule has 0 bridgehead atoms. The van der Waals surface area contributed by atoms with Gasteiger partial charge in [0.1, 0.15) is 5.76 Å². The van der Waals surface area contributed by atoms with Gasteiger partial charge in [0.2, 0.25) is 0 Å². The molecule has 5 rings (SSSR count). The van der Waals surface area contributed by atoms with E-state index in [4.69, 9.17) is 4.42 Å². The molecule has 0 radical (unpaired) electrons. The van der Waals surface area contributed by atoms with Gasteiger partial charge >= 0.3 is 0 Å². The van der Waals surface area contributed by atoms with E-state index < -0.39 is 0 Å². The van der Waals surface area contributed by atoms with E-state index in [1.165, 1.54) is 39.0 Å². The molecule has 0 saturated carbocycles. The Morgan fingerprint density at radius 1 is 0.615 bits per heavy atom. The van der Waals surface area contributed by atoms with E-state index in [0.29, 0.717) is 0 Å². The SMILES string of the molecule is C1=C(c2ccco2)Cc2c1cccc2-c1ccc(-c2ccccc2)cc1. The zero-order chi connectivity index (χ0) is 17.3. The number of benzene rings is 3. The molecule has 1 aliphatic rings. The van der Waals surface area contributed by atoms with E-state index in [2.05, 4.69) is 78.9 Å². The van der Waals surface area contributed by atoms with Crippen molar-refractivity contribution in [1.29, 1.82) is 0 Å². The summed E-state index contributed by atoms with van der Waals surface area (Å²) in [5.74, 6) is 0.964. The van der Waals surface area contributed by atoms with Crippen LogP contribution in [0.5, 0.6) is 0 Å². The highest BCUT2D eigenvalue weighted by atomic mass is 16.3. The van der Waals surface area contributed by atoms with Crippen LogP contribution in [0.1, 0.15) is 16.9 Å². The lowest BCUT2D eigenvalue weighted by Gasteiger charge is -2.10. The molecule has 1 heterocycles. The number of hydrogen-bond donors (Lipinski definition) is 0. The van der Waals surface area contributed by atoms with Crippen LogP contribution in [0, 0.1) is 0 Å². The molecule has 0 amide bonds. The van der Waals surface area contributed by atoms with Crippen molar-refractivity contribution in [2.24, 2.45) is 0 Å². The van der Waals surface area contributed by atoms with Gasteiger partial charge in [-0.15, -0.1) is 0 Å². The maximum absolute atomic E-state index is 5.59. The van der Waals surface area contributed by atoms with E-state index in [-0.39, 0.29) is 0 Å². The van der Waals surface area contributed by atoms with E-state index in [1.807, 2.05) is 12.1 Å². The minimum absolute atomic E-state index is 0.916. The fourth-order valence-corrected chi connectivity index (χ4v) is 3.73. The van der Waals surface area contributed by atoms with Gasteiger partial charge in [0.15, 0.2) is 0 Å². The maximum Gasteiger partial charge on any atom is 0.130 e. The molecular formula is C25H18O. The molecule has 0 fully saturated rings. The number of furan rings is 1. The first-order valence-electron chi connectivity index (χ1n) is 8.91. The standard InChI is InChI=1S/C25H18O/c1-2-6-18(7-3-1)19-11-13-20(14-12-19)23-9-4-8-21-16-22(17-24(21)23)25-10-5-15-26-25/h1-16H,17H2. The predicted octanol–water partition coefficient (Wildman–Crippen LogP) is 6.71. The van der Waals surface area contributed by atoms with Crippen LogP contribution in [0.15, 0.2) is 95.6 Å². The molecule has 0 unspecified atom stereocenters. The monoisotopic (exact) mass is 334 g/mol. The highest BCUT2D eigenvalue weighted by Gasteiger charge is 2.19. The van der Waals surface area contributed by atoms with Gasteiger partial charge in [-0.3, -0.25) is 0 Å². The Bertz CT molecular complexity index is 1070. The second-order valence-electron chi connectivity index (χ2n) is 6.64. The minimum Gasteiger partial charge on any atom is -0.465 e. The molecule has 1 heteroatoms. The number of fused-ring (bicyclic) bond motifs is 1. The zero-order valence-corrected chi connectivity index (χ0v) is 14.4. The molecule has 0 spiro atoms. The molecule has 3 aromatic carbocycles. The lowest BCUT2D eigenvalue weighted by atomic mass is 9.94. The van der Waals surface area contributed by atoms with Crippen molar-refractivity contribution in [3.8, 4) is 22.3 Å². The van der Waals surface area contributed by atoms with Crippen molar-refractivity contribution in [3.63, 3.8) is 0 Å². The molecule has 26 heavy (non-hydrogen) atoms. The van der Waals surface area contributed by atoms with Crippen molar-refractivity contribution < 1.29 is 4.42 Å². The average Bonchev–Trinajstić information content (AvgIpc) is 3.38. The van der Waals surface area contributed by atoms with Crippen LogP contribution in [0.4, 0.5) is 0 Å². The highest BCUT2D eigenvalue weighted by molar-refractivity contribution is 5.91. The average molecular weight is 334 g/mol. The quantitative estimate of drug-likeness (QED) is 0.406. The Kier molecular flexibility index (Phi) is 3.57. The summed E-state index contributed by atoms with van der Waals surface area (Å²) in [6.45, 7) is 0. The lowest BCUT2D eigenvalue weighted by Crippen LogP contribution is -1.90.